The van der Waals surface area contributed by atoms with E-state index in [1.165, 1.54) is 11.1 Å². The molecule has 3 N–H and O–H groups in total. The molecule has 0 aliphatic carbocycles. The van der Waals surface area contributed by atoms with Crippen LogP contribution in [0.4, 0.5) is 0 Å². The van der Waals surface area contributed by atoms with Gasteiger partial charge in [-0.2, -0.15) is 0 Å². The Morgan fingerprint density at radius 2 is 0.623 bits per heavy atom. The fourth-order valence-electron chi connectivity index (χ4n) is 7.92. The summed E-state index contributed by atoms with van der Waals surface area (Å²) in [4.78, 5) is 0. The number of hydrogen-bond donors (Lipinski definition) is 3. The third-order valence-corrected chi connectivity index (χ3v) is 13.6. The molecular weight excluding hydrogens is 891 g/mol. The van der Waals surface area contributed by atoms with Crippen LogP contribution in [-0.2, 0) is 47.8 Å². The first-order chi connectivity index (χ1) is 30.8. The molecule has 1 unspecified atom stereocenters. The first-order valence-electron chi connectivity index (χ1n) is 24.9. The van der Waals surface area contributed by atoms with Crippen molar-refractivity contribution in [1.82, 2.24) is 0 Å². The van der Waals surface area contributed by atoms with Crippen LogP contribution in [0.15, 0.2) is 48.5 Å². The average Bonchev–Trinajstić information content (AvgIpc) is 3.14. The van der Waals surface area contributed by atoms with E-state index >= 15 is 0 Å². The van der Waals surface area contributed by atoms with E-state index in [-0.39, 0.29) is 66.8 Å². The molecule has 4 rings (SSSR count). The summed E-state index contributed by atoms with van der Waals surface area (Å²) in [6.07, 6.45) is 0. The first-order valence-corrected chi connectivity index (χ1v) is 26.2. The van der Waals surface area contributed by atoms with Crippen molar-refractivity contribution >= 4 is 18.5 Å². The molecule has 0 saturated carbocycles. The van der Waals surface area contributed by atoms with Gasteiger partial charge in [0.2, 0.25) is 0 Å². The van der Waals surface area contributed by atoms with Gasteiger partial charge in [0.15, 0.2) is 0 Å². The number of phenolic OH excluding ortho intramolecular Hbond substituents is 2. The molecule has 0 aromatic heterocycles. The van der Waals surface area contributed by atoms with Crippen molar-refractivity contribution in [2.75, 3.05) is 13.2 Å². The topological polar surface area (TPSA) is 88.4 Å². The van der Waals surface area contributed by atoms with Crippen molar-refractivity contribution in [2.24, 2.45) is 5.41 Å². The van der Waals surface area contributed by atoms with Crippen molar-refractivity contribution in [3.8, 4) is 45.3 Å². The van der Waals surface area contributed by atoms with Gasteiger partial charge in [-0.1, -0.05) is 204 Å². The predicted octanol–water partition coefficient (Wildman–Crippen LogP) is 17.6. The number of hydrogen-bond acceptors (Lipinski definition) is 6. The van der Waals surface area contributed by atoms with Crippen molar-refractivity contribution in [3.63, 3.8) is 0 Å². The van der Waals surface area contributed by atoms with E-state index in [4.69, 9.17) is 18.7 Å². The Balaban J connectivity index is 0.00000144. The molecule has 4 aromatic carbocycles. The lowest BCUT2D eigenvalue weighted by Crippen LogP contribution is -2.21. The Bertz CT molecular complexity index is 2260. The van der Waals surface area contributed by atoms with Crippen molar-refractivity contribution in [1.29, 1.82) is 0 Å². The van der Waals surface area contributed by atoms with Gasteiger partial charge in [0.1, 0.15) is 23.0 Å². The molecule has 69 heavy (non-hydrogen) atoms. The molecule has 0 aliphatic heterocycles. The van der Waals surface area contributed by atoms with Crippen LogP contribution in [0.25, 0.3) is 22.3 Å². The van der Waals surface area contributed by atoms with E-state index in [2.05, 4.69) is 224 Å². The third-order valence-electron chi connectivity index (χ3n) is 12.9. The third kappa shape index (κ3) is 15.2. The summed E-state index contributed by atoms with van der Waals surface area (Å²) < 4.78 is 19.0. The Hall–Kier alpha value is -3.14. The van der Waals surface area contributed by atoms with E-state index in [1.807, 2.05) is 13.8 Å². The predicted molar refractivity (Wildman–Crippen MR) is 303 cm³/mol. The maximum Gasteiger partial charge on any atom is 0.275 e. The number of aromatic hydroxyl groups is 2. The van der Waals surface area contributed by atoms with Crippen LogP contribution in [0, 0.1) is 5.41 Å². The maximum atomic E-state index is 12.3. The van der Waals surface area contributed by atoms with Gasteiger partial charge >= 0.3 is 0 Å². The van der Waals surface area contributed by atoms with Gasteiger partial charge in [0.25, 0.3) is 9.03 Å². The van der Waals surface area contributed by atoms with Gasteiger partial charge in [-0.3, -0.25) is 0 Å². The summed E-state index contributed by atoms with van der Waals surface area (Å²) in [5.41, 5.74) is 9.80. The van der Waals surface area contributed by atoms with Crippen LogP contribution in [0.1, 0.15) is 225 Å². The van der Waals surface area contributed by atoms with Gasteiger partial charge in [-0.15, -0.1) is 0 Å². The Morgan fingerprint density at radius 1 is 0.377 bits per heavy atom. The standard InChI is InChI=1S/C56H83O4P.C5H13O2P/c1-49(2,3)33-25-37(45(57)41(29-33)53(13,14)15)39-27-35(51(7,8)9)31-43(55(19,20)21)47(39)59-61-60-48-40(28-36(52(10,11)12)32-44(48)56(22,23)24)38-26-34(50(4,5)6)30-42(46(38)58)54(16,17)18;1-5(2,3-6)4-7-8/h25-32,57-58,61H,1-24H3;6H,3-4,8H2,1-2H3. The highest BCUT2D eigenvalue weighted by atomic mass is 31.1. The minimum Gasteiger partial charge on any atom is -0.507 e. The number of phenols is 2. The molecule has 0 aliphatic rings. The van der Waals surface area contributed by atoms with Gasteiger partial charge in [-0.25, -0.2) is 0 Å². The summed E-state index contributed by atoms with van der Waals surface area (Å²) in [6.45, 7) is 57.7. The molecule has 0 heterocycles. The highest BCUT2D eigenvalue weighted by molar-refractivity contribution is 7.27. The fraction of sp³-hybridized carbons (Fsp3) is 0.607. The minimum atomic E-state index is -0.437. The molecular formula is C61H96O6P2. The molecule has 0 saturated heterocycles. The average molecular weight is 987 g/mol. The summed E-state index contributed by atoms with van der Waals surface area (Å²) >= 11 is 0. The lowest BCUT2D eigenvalue weighted by molar-refractivity contribution is 0.108. The molecule has 0 spiro atoms. The Labute approximate surface area is 425 Å². The van der Waals surface area contributed by atoms with Crippen molar-refractivity contribution in [3.05, 3.63) is 93.0 Å². The van der Waals surface area contributed by atoms with Gasteiger partial charge in [-0.05, 0) is 89.8 Å². The van der Waals surface area contributed by atoms with E-state index in [9.17, 15) is 10.2 Å². The number of benzene rings is 4. The van der Waals surface area contributed by atoms with Crippen LogP contribution in [0.5, 0.6) is 23.0 Å². The molecule has 386 valence electrons. The second-order valence-corrected chi connectivity index (χ2v) is 29.5. The van der Waals surface area contributed by atoms with E-state index in [1.54, 1.807) is 0 Å². The van der Waals surface area contributed by atoms with E-state index in [0.717, 1.165) is 55.6 Å². The largest absolute Gasteiger partial charge is 0.507 e. The summed E-state index contributed by atoms with van der Waals surface area (Å²) in [7, 11) is 1.72. The second-order valence-electron chi connectivity index (χ2n) is 28.6. The van der Waals surface area contributed by atoms with Crippen LogP contribution in [-0.4, -0.2) is 28.5 Å². The van der Waals surface area contributed by atoms with Crippen molar-refractivity contribution in [2.45, 2.75) is 223 Å². The maximum absolute atomic E-state index is 12.3. The molecule has 4 aromatic rings. The Kier molecular flexibility index (Phi) is 18.1. The number of aliphatic hydroxyl groups is 1. The number of rotatable bonds is 9. The van der Waals surface area contributed by atoms with Crippen LogP contribution in [0.2, 0.25) is 0 Å². The summed E-state index contributed by atoms with van der Waals surface area (Å²) in [5, 5.41) is 33.3. The molecule has 0 amide bonds. The van der Waals surface area contributed by atoms with Gasteiger partial charge in [0.05, 0.1) is 13.2 Å². The zero-order chi connectivity index (χ0) is 53.6. The van der Waals surface area contributed by atoms with E-state index in [0.29, 0.717) is 18.1 Å². The normalized spacial score (nSPS) is 13.6. The molecule has 6 nitrogen and oxygen atoms in total. The first kappa shape index (κ1) is 60.2. The number of aliphatic hydroxyl groups excluding tert-OH is 1. The van der Waals surface area contributed by atoms with Gasteiger partial charge in [0, 0.05) is 59.4 Å². The monoisotopic (exact) mass is 987 g/mol. The molecule has 0 fully saturated rings. The zero-order valence-electron chi connectivity index (χ0n) is 48.2. The summed E-state index contributed by atoms with van der Waals surface area (Å²) in [5.74, 6) is 1.97. The van der Waals surface area contributed by atoms with Crippen molar-refractivity contribution < 1.29 is 28.9 Å². The lowest BCUT2D eigenvalue weighted by atomic mass is 9.75. The van der Waals surface area contributed by atoms with Crippen LogP contribution >= 0.6 is 18.5 Å². The Morgan fingerprint density at radius 3 is 0.826 bits per heavy atom. The molecule has 1 atom stereocenters. The smallest absolute Gasteiger partial charge is 0.275 e. The quantitative estimate of drug-likeness (QED) is 0.145. The summed E-state index contributed by atoms with van der Waals surface area (Å²) in [6, 6.07) is 17.7. The SMILES string of the molecule is CC(C)(C)c1cc(-c2cc(C(C)(C)C)cc(C(C)(C)C)c2OPOc2c(-c3cc(C(C)(C)C)cc(C(C)(C)C)c3O)cc(C(C)(C)C)cc2C(C)(C)C)c(O)c(C(C)(C)C)c1.CC(C)(CO)COP. The second kappa shape index (κ2) is 20.8. The molecule has 0 radical (unpaired) electrons. The van der Waals surface area contributed by atoms with Gasteiger partial charge < -0.3 is 28.9 Å². The fourth-order valence-corrected chi connectivity index (χ4v) is 9.02. The minimum absolute atomic E-state index is 0.0955. The van der Waals surface area contributed by atoms with E-state index < -0.39 is 9.03 Å². The highest BCUT2D eigenvalue weighted by Crippen LogP contribution is 2.53. The molecule has 0 bridgehead atoms. The zero-order valence-corrected chi connectivity index (χ0v) is 50.3. The van der Waals surface area contributed by atoms with Crippen LogP contribution in [0.3, 0.4) is 0 Å². The van der Waals surface area contributed by atoms with Crippen LogP contribution < -0.4 is 9.05 Å². The molecule has 8 heteroatoms. The highest BCUT2D eigenvalue weighted by Gasteiger charge is 2.34. The lowest BCUT2D eigenvalue weighted by Gasteiger charge is -2.32.